The number of aliphatic hydroxyl groups excluding tert-OH is 3. The number of rotatable bonds is 33. The maximum atomic E-state index is 12.0. The van der Waals surface area contributed by atoms with Crippen molar-refractivity contribution in [3.05, 3.63) is 48.6 Å². The number of hydrogen-bond acceptors (Lipinski definition) is 7. The second-order valence-electron chi connectivity index (χ2n) is 13.5. The molecule has 0 rings (SSSR count). The van der Waals surface area contributed by atoms with E-state index in [1.807, 2.05) is 12.2 Å². The standard InChI is InChI=1S/C41H72O7/c1-4-5-6-7-8-9-10-14-17-20-23-26-30-38(43)39(44)31-28-33-41(46)48-35-37(42)34-47-40(45)32-27-24-21-18-15-12-11-13-16-19-22-25-29-36(2)3/h5-6,8-9,14,17,23,26,36-39,42-44H,4,7,10-13,15-16,18-22,24-25,27-35H2,1-3H3/b6-5-,9-8-,17-14-,26-23-/t37-,38+,39+/m1/s1. The number of esters is 2. The zero-order chi connectivity index (χ0) is 35.5. The number of unbranched alkanes of at least 4 members (excludes halogenated alkanes) is 11. The molecular formula is C41H72O7. The first-order valence-corrected chi connectivity index (χ1v) is 19.2. The van der Waals surface area contributed by atoms with Crippen LogP contribution in [0.25, 0.3) is 0 Å². The first-order chi connectivity index (χ1) is 23.3. The summed E-state index contributed by atoms with van der Waals surface area (Å²) in [5.74, 6) is -0.0161. The SMILES string of the molecule is CC/C=C\C/C=C\C/C=C\C/C=C\C[C@H](O)[C@@H](O)CCCC(=O)OC[C@H](O)COC(=O)CCCCCCCCCCCCCCC(C)C. The predicted molar refractivity (Wildman–Crippen MR) is 199 cm³/mol. The molecule has 0 unspecified atom stereocenters. The van der Waals surface area contributed by atoms with E-state index >= 15 is 0 Å². The van der Waals surface area contributed by atoms with Gasteiger partial charge >= 0.3 is 11.9 Å². The highest BCUT2D eigenvalue weighted by Crippen LogP contribution is 2.15. The highest BCUT2D eigenvalue weighted by molar-refractivity contribution is 5.69. The van der Waals surface area contributed by atoms with E-state index < -0.39 is 24.3 Å². The van der Waals surface area contributed by atoms with Crippen LogP contribution in [0, 0.1) is 5.92 Å². The molecule has 3 N–H and O–H groups in total. The average molecular weight is 677 g/mol. The lowest BCUT2D eigenvalue weighted by Crippen LogP contribution is -2.26. The molecule has 0 aromatic heterocycles. The molecule has 0 aliphatic rings. The van der Waals surface area contributed by atoms with Gasteiger partial charge in [-0.05, 0) is 57.3 Å². The lowest BCUT2D eigenvalue weighted by molar-refractivity contribution is -0.152. The van der Waals surface area contributed by atoms with E-state index in [-0.39, 0.29) is 32.0 Å². The van der Waals surface area contributed by atoms with Gasteiger partial charge in [-0.25, -0.2) is 0 Å². The molecule has 7 heteroatoms. The van der Waals surface area contributed by atoms with Crippen LogP contribution < -0.4 is 0 Å². The Bertz CT molecular complexity index is 861. The van der Waals surface area contributed by atoms with E-state index in [4.69, 9.17) is 9.47 Å². The summed E-state index contributed by atoms with van der Waals surface area (Å²) in [5, 5.41) is 30.3. The fourth-order valence-electron chi connectivity index (χ4n) is 5.18. The molecule has 0 aromatic rings. The van der Waals surface area contributed by atoms with E-state index in [0.717, 1.165) is 50.9 Å². The topological polar surface area (TPSA) is 113 Å². The molecule has 0 amide bonds. The second-order valence-corrected chi connectivity index (χ2v) is 13.5. The number of allylic oxidation sites excluding steroid dienone is 7. The van der Waals surface area contributed by atoms with Gasteiger partial charge in [-0.1, -0.05) is 146 Å². The third kappa shape index (κ3) is 33.7. The number of aliphatic hydroxyl groups is 3. The lowest BCUT2D eigenvalue weighted by Gasteiger charge is -2.16. The van der Waals surface area contributed by atoms with Crippen molar-refractivity contribution in [2.45, 2.75) is 180 Å². The number of ether oxygens (including phenoxy) is 2. The number of hydrogen-bond donors (Lipinski definition) is 3. The molecule has 3 atom stereocenters. The molecule has 0 aromatic carbocycles. The minimum Gasteiger partial charge on any atom is -0.463 e. The van der Waals surface area contributed by atoms with Gasteiger partial charge in [0, 0.05) is 12.8 Å². The maximum absolute atomic E-state index is 12.0. The molecule has 0 spiro atoms. The van der Waals surface area contributed by atoms with Crippen molar-refractivity contribution in [1.29, 1.82) is 0 Å². The normalized spacial score (nSPS) is 14.1. The Hall–Kier alpha value is -2.22. The van der Waals surface area contributed by atoms with Crippen LogP contribution in [0.5, 0.6) is 0 Å². The van der Waals surface area contributed by atoms with Crippen molar-refractivity contribution in [3.63, 3.8) is 0 Å². The Labute approximate surface area is 294 Å². The molecule has 48 heavy (non-hydrogen) atoms. The van der Waals surface area contributed by atoms with Crippen LogP contribution in [0.1, 0.15) is 162 Å². The smallest absolute Gasteiger partial charge is 0.305 e. The Balaban J connectivity index is 3.69. The van der Waals surface area contributed by atoms with Gasteiger partial charge in [0.2, 0.25) is 0 Å². The summed E-state index contributed by atoms with van der Waals surface area (Å²) in [6.07, 6.45) is 34.9. The van der Waals surface area contributed by atoms with E-state index in [9.17, 15) is 24.9 Å². The van der Waals surface area contributed by atoms with E-state index in [2.05, 4.69) is 57.2 Å². The molecule has 0 bridgehead atoms. The fraction of sp³-hybridized carbons (Fsp3) is 0.756. The first-order valence-electron chi connectivity index (χ1n) is 19.2. The molecule has 0 saturated carbocycles. The Morgan fingerprint density at radius 1 is 0.521 bits per heavy atom. The van der Waals surface area contributed by atoms with Gasteiger partial charge in [0.1, 0.15) is 19.3 Å². The zero-order valence-electron chi connectivity index (χ0n) is 30.9. The van der Waals surface area contributed by atoms with Crippen molar-refractivity contribution >= 4 is 11.9 Å². The van der Waals surface area contributed by atoms with Crippen LogP contribution in [-0.2, 0) is 19.1 Å². The third-order valence-corrected chi connectivity index (χ3v) is 8.21. The quantitative estimate of drug-likeness (QED) is 0.0360. The second kappa shape index (κ2) is 34.6. The van der Waals surface area contributed by atoms with Crippen LogP contribution in [0.3, 0.4) is 0 Å². The number of carbonyl (C=O) groups is 2. The van der Waals surface area contributed by atoms with Gasteiger partial charge in [-0.3, -0.25) is 9.59 Å². The summed E-state index contributed by atoms with van der Waals surface area (Å²) in [5.41, 5.74) is 0. The van der Waals surface area contributed by atoms with Crippen molar-refractivity contribution in [3.8, 4) is 0 Å². The van der Waals surface area contributed by atoms with Crippen molar-refractivity contribution in [2.24, 2.45) is 5.92 Å². The largest absolute Gasteiger partial charge is 0.463 e. The third-order valence-electron chi connectivity index (χ3n) is 8.21. The van der Waals surface area contributed by atoms with Gasteiger partial charge in [0.05, 0.1) is 12.2 Å². The summed E-state index contributed by atoms with van der Waals surface area (Å²) in [7, 11) is 0. The van der Waals surface area contributed by atoms with E-state index in [1.54, 1.807) is 0 Å². The summed E-state index contributed by atoms with van der Waals surface area (Å²) in [4.78, 5) is 24.0. The summed E-state index contributed by atoms with van der Waals surface area (Å²) in [6, 6.07) is 0. The molecule has 0 heterocycles. The van der Waals surface area contributed by atoms with Crippen LogP contribution in [0.2, 0.25) is 0 Å². The van der Waals surface area contributed by atoms with Crippen LogP contribution in [0.4, 0.5) is 0 Å². The predicted octanol–water partition coefficient (Wildman–Crippen LogP) is 9.64. The first kappa shape index (κ1) is 45.8. The highest BCUT2D eigenvalue weighted by Gasteiger charge is 2.16. The van der Waals surface area contributed by atoms with E-state index in [0.29, 0.717) is 19.3 Å². The molecule has 0 aliphatic heterocycles. The lowest BCUT2D eigenvalue weighted by atomic mass is 10.0. The fourth-order valence-corrected chi connectivity index (χ4v) is 5.18. The molecule has 0 saturated heterocycles. The Morgan fingerprint density at radius 3 is 1.42 bits per heavy atom. The van der Waals surface area contributed by atoms with E-state index in [1.165, 1.54) is 64.2 Å². The molecule has 7 nitrogen and oxygen atoms in total. The Morgan fingerprint density at radius 2 is 0.938 bits per heavy atom. The number of carbonyl (C=O) groups excluding carboxylic acids is 2. The maximum Gasteiger partial charge on any atom is 0.305 e. The summed E-state index contributed by atoms with van der Waals surface area (Å²) >= 11 is 0. The van der Waals surface area contributed by atoms with Crippen LogP contribution >= 0.6 is 0 Å². The summed E-state index contributed by atoms with van der Waals surface area (Å²) < 4.78 is 10.2. The molecular weight excluding hydrogens is 604 g/mol. The molecule has 0 aliphatic carbocycles. The molecule has 278 valence electrons. The van der Waals surface area contributed by atoms with Gasteiger partial charge in [-0.15, -0.1) is 0 Å². The van der Waals surface area contributed by atoms with Gasteiger partial charge in [-0.2, -0.15) is 0 Å². The molecule has 0 radical (unpaired) electrons. The van der Waals surface area contributed by atoms with Gasteiger partial charge < -0.3 is 24.8 Å². The van der Waals surface area contributed by atoms with Crippen molar-refractivity contribution in [2.75, 3.05) is 13.2 Å². The zero-order valence-corrected chi connectivity index (χ0v) is 30.9. The van der Waals surface area contributed by atoms with Gasteiger partial charge in [0.25, 0.3) is 0 Å². The summed E-state index contributed by atoms with van der Waals surface area (Å²) in [6.45, 7) is 6.26. The molecule has 0 fully saturated rings. The van der Waals surface area contributed by atoms with Crippen molar-refractivity contribution < 1.29 is 34.4 Å². The highest BCUT2D eigenvalue weighted by atomic mass is 16.6. The Kier molecular flexibility index (Phi) is 33.0. The van der Waals surface area contributed by atoms with Crippen LogP contribution in [0.15, 0.2) is 48.6 Å². The minimum absolute atomic E-state index is 0.0683. The minimum atomic E-state index is -1.07. The monoisotopic (exact) mass is 677 g/mol. The average Bonchev–Trinajstić information content (AvgIpc) is 3.06. The van der Waals surface area contributed by atoms with Gasteiger partial charge in [0.15, 0.2) is 0 Å². The van der Waals surface area contributed by atoms with Crippen LogP contribution in [-0.4, -0.2) is 58.8 Å². The van der Waals surface area contributed by atoms with Crippen molar-refractivity contribution in [1.82, 2.24) is 0 Å².